The van der Waals surface area contributed by atoms with Gasteiger partial charge < -0.3 is 15.0 Å². The summed E-state index contributed by atoms with van der Waals surface area (Å²) in [4.78, 5) is 23.0. The van der Waals surface area contributed by atoms with Crippen LogP contribution in [0.2, 0.25) is 0 Å². The first kappa shape index (κ1) is 20.8. The van der Waals surface area contributed by atoms with Gasteiger partial charge in [0.1, 0.15) is 12.7 Å². The van der Waals surface area contributed by atoms with E-state index in [-0.39, 0.29) is 11.9 Å². The van der Waals surface area contributed by atoms with Gasteiger partial charge in [0.15, 0.2) is 5.96 Å². The number of carbonyl (C=O) groups excluding carboxylic acids is 1. The zero-order valence-electron chi connectivity index (χ0n) is 17.3. The molecular weight excluding hydrogens is 368 g/mol. The predicted octanol–water partition coefficient (Wildman–Crippen LogP) is 2.07. The number of esters is 1. The molecular formula is C21H30N6O2. The molecule has 1 aliphatic rings. The van der Waals surface area contributed by atoms with Crippen molar-refractivity contribution in [3.8, 4) is 0 Å². The monoisotopic (exact) mass is 398 g/mol. The molecule has 1 N–H and O–H groups in total. The third-order valence-corrected chi connectivity index (χ3v) is 4.96. The normalized spacial score (nSPS) is 15.4. The molecule has 2 heterocycles. The zero-order valence-corrected chi connectivity index (χ0v) is 17.3. The fourth-order valence-corrected chi connectivity index (χ4v) is 3.51. The van der Waals surface area contributed by atoms with Crippen molar-refractivity contribution in [2.45, 2.75) is 39.8 Å². The number of nitrogens with one attached hydrogen (secondary N) is 1. The Labute approximate surface area is 172 Å². The third-order valence-electron chi connectivity index (χ3n) is 4.96. The average Bonchev–Trinajstić information content (AvgIpc) is 3.25. The van der Waals surface area contributed by atoms with Gasteiger partial charge in [-0.05, 0) is 37.8 Å². The Morgan fingerprint density at radius 1 is 1.28 bits per heavy atom. The fraction of sp³-hybridized carbons (Fsp3) is 0.524. The molecule has 0 spiro atoms. The first-order chi connectivity index (χ1) is 14.2. The first-order valence-electron chi connectivity index (χ1n) is 10.3. The Kier molecular flexibility index (Phi) is 7.61. The standard InChI is InChI=1S/C21H30N6O2/c1-3-23-21(26-10-8-19(9-11-26)20(28)29-4-2)24-13-17-6-5-7-18(12-17)14-27-16-22-15-25-27/h5-7,12,15-16,19H,3-4,8-11,13-14H2,1-2H3,(H,23,24). The second kappa shape index (κ2) is 10.6. The lowest BCUT2D eigenvalue weighted by molar-refractivity contribution is -0.149. The maximum Gasteiger partial charge on any atom is 0.309 e. The van der Waals surface area contributed by atoms with E-state index in [9.17, 15) is 4.79 Å². The van der Waals surface area contributed by atoms with E-state index in [0.717, 1.165) is 44.0 Å². The van der Waals surface area contributed by atoms with Crippen LogP contribution in [0.3, 0.4) is 0 Å². The molecule has 8 nitrogen and oxygen atoms in total. The van der Waals surface area contributed by atoms with Gasteiger partial charge in [-0.1, -0.05) is 24.3 Å². The first-order valence-corrected chi connectivity index (χ1v) is 10.3. The number of likely N-dealkylation sites (tertiary alicyclic amines) is 1. The largest absolute Gasteiger partial charge is 0.466 e. The minimum Gasteiger partial charge on any atom is -0.466 e. The maximum absolute atomic E-state index is 12.0. The van der Waals surface area contributed by atoms with Crippen LogP contribution in [0.5, 0.6) is 0 Å². The lowest BCUT2D eigenvalue weighted by Crippen LogP contribution is -2.46. The van der Waals surface area contributed by atoms with E-state index in [1.807, 2.05) is 6.92 Å². The van der Waals surface area contributed by atoms with E-state index in [2.05, 4.69) is 51.5 Å². The van der Waals surface area contributed by atoms with Gasteiger partial charge in [-0.25, -0.2) is 14.7 Å². The van der Waals surface area contributed by atoms with Crippen LogP contribution in [0.1, 0.15) is 37.8 Å². The van der Waals surface area contributed by atoms with Crippen molar-refractivity contribution in [2.24, 2.45) is 10.9 Å². The summed E-state index contributed by atoms with van der Waals surface area (Å²) >= 11 is 0. The van der Waals surface area contributed by atoms with Crippen molar-refractivity contribution in [1.29, 1.82) is 0 Å². The van der Waals surface area contributed by atoms with Crippen molar-refractivity contribution < 1.29 is 9.53 Å². The number of ether oxygens (including phenoxy) is 1. The molecule has 29 heavy (non-hydrogen) atoms. The number of benzene rings is 1. The molecule has 156 valence electrons. The Morgan fingerprint density at radius 2 is 2.07 bits per heavy atom. The maximum atomic E-state index is 12.0. The van der Waals surface area contributed by atoms with E-state index >= 15 is 0 Å². The molecule has 3 rings (SSSR count). The molecule has 1 aromatic carbocycles. The highest BCUT2D eigenvalue weighted by atomic mass is 16.5. The molecule has 0 unspecified atom stereocenters. The minimum atomic E-state index is -0.0710. The second-order valence-electron chi connectivity index (χ2n) is 7.10. The van der Waals surface area contributed by atoms with Crippen LogP contribution in [-0.4, -0.2) is 57.8 Å². The number of carbonyl (C=O) groups is 1. The van der Waals surface area contributed by atoms with Crippen LogP contribution in [0.4, 0.5) is 0 Å². The summed E-state index contributed by atoms with van der Waals surface area (Å²) in [5.74, 6) is 0.831. The van der Waals surface area contributed by atoms with Gasteiger partial charge in [0.25, 0.3) is 0 Å². The molecule has 0 bridgehead atoms. The molecule has 1 fully saturated rings. The number of piperidine rings is 1. The highest BCUT2D eigenvalue weighted by molar-refractivity contribution is 5.80. The number of hydrogen-bond donors (Lipinski definition) is 1. The summed E-state index contributed by atoms with van der Waals surface area (Å²) in [6.07, 6.45) is 4.86. The quantitative estimate of drug-likeness (QED) is 0.437. The summed E-state index contributed by atoms with van der Waals surface area (Å²) in [6, 6.07) is 8.38. The SMILES string of the molecule is CCNC(=NCc1cccc(Cn2cncn2)c1)N1CCC(C(=O)OCC)CC1. The molecule has 2 aromatic rings. The number of nitrogens with zero attached hydrogens (tertiary/aromatic N) is 5. The summed E-state index contributed by atoms with van der Waals surface area (Å²) in [6.45, 7) is 8.08. The number of aromatic nitrogens is 3. The van der Waals surface area contributed by atoms with Crippen LogP contribution in [0, 0.1) is 5.92 Å². The lowest BCUT2D eigenvalue weighted by Gasteiger charge is -2.33. The molecule has 0 atom stereocenters. The van der Waals surface area contributed by atoms with Gasteiger partial charge in [0, 0.05) is 19.6 Å². The van der Waals surface area contributed by atoms with Gasteiger partial charge in [-0.3, -0.25) is 4.79 Å². The summed E-state index contributed by atoms with van der Waals surface area (Å²) in [7, 11) is 0. The Balaban J connectivity index is 1.60. The second-order valence-corrected chi connectivity index (χ2v) is 7.10. The molecule has 0 radical (unpaired) electrons. The highest BCUT2D eigenvalue weighted by Gasteiger charge is 2.27. The molecule has 1 aliphatic heterocycles. The topological polar surface area (TPSA) is 84.6 Å². The van der Waals surface area contributed by atoms with E-state index in [4.69, 9.17) is 9.73 Å². The number of hydrogen-bond acceptors (Lipinski definition) is 5. The van der Waals surface area contributed by atoms with Gasteiger partial charge >= 0.3 is 5.97 Å². The Hall–Kier alpha value is -2.90. The van der Waals surface area contributed by atoms with Crippen molar-refractivity contribution in [2.75, 3.05) is 26.2 Å². The van der Waals surface area contributed by atoms with E-state index in [1.54, 1.807) is 17.3 Å². The predicted molar refractivity (Wildman–Crippen MR) is 111 cm³/mol. The molecule has 0 amide bonds. The smallest absolute Gasteiger partial charge is 0.309 e. The van der Waals surface area contributed by atoms with Crippen LogP contribution in [0.25, 0.3) is 0 Å². The molecule has 1 saturated heterocycles. The lowest BCUT2D eigenvalue weighted by atomic mass is 9.97. The molecule has 0 saturated carbocycles. The minimum absolute atomic E-state index is 0.00236. The molecule has 0 aliphatic carbocycles. The number of aliphatic imine (C=N–C) groups is 1. The van der Waals surface area contributed by atoms with Gasteiger partial charge in [0.2, 0.25) is 0 Å². The zero-order chi connectivity index (χ0) is 20.5. The van der Waals surface area contributed by atoms with Crippen molar-refractivity contribution >= 4 is 11.9 Å². The Bertz CT molecular complexity index is 797. The summed E-state index contributed by atoms with van der Waals surface area (Å²) < 4.78 is 6.97. The molecule has 1 aromatic heterocycles. The number of rotatable bonds is 7. The van der Waals surface area contributed by atoms with Crippen molar-refractivity contribution in [1.82, 2.24) is 25.0 Å². The number of guanidine groups is 1. The Morgan fingerprint density at radius 3 is 2.76 bits per heavy atom. The van der Waals surface area contributed by atoms with Crippen LogP contribution in [-0.2, 0) is 22.6 Å². The fourth-order valence-electron chi connectivity index (χ4n) is 3.51. The van der Waals surface area contributed by atoms with Crippen molar-refractivity contribution in [3.63, 3.8) is 0 Å². The third kappa shape index (κ3) is 6.04. The summed E-state index contributed by atoms with van der Waals surface area (Å²) in [5.41, 5.74) is 2.32. The summed E-state index contributed by atoms with van der Waals surface area (Å²) in [5, 5.41) is 7.54. The van der Waals surface area contributed by atoms with Gasteiger partial charge in [0.05, 0.1) is 25.6 Å². The van der Waals surface area contributed by atoms with Crippen LogP contribution in [0.15, 0.2) is 41.9 Å². The highest BCUT2D eigenvalue weighted by Crippen LogP contribution is 2.19. The molecule has 8 heteroatoms. The van der Waals surface area contributed by atoms with Crippen molar-refractivity contribution in [3.05, 3.63) is 48.0 Å². The van der Waals surface area contributed by atoms with E-state index in [0.29, 0.717) is 19.7 Å². The van der Waals surface area contributed by atoms with Gasteiger partial charge in [-0.15, -0.1) is 0 Å². The van der Waals surface area contributed by atoms with E-state index < -0.39 is 0 Å². The average molecular weight is 399 g/mol. The van der Waals surface area contributed by atoms with E-state index in [1.165, 1.54) is 5.56 Å². The van der Waals surface area contributed by atoms with Crippen LogP contribution >= 0.6 is 0 Å². The van der Waals surface area contributed by atoms with Crippen LogP contribution < -0.4 is 5.32 Å². The van der Waals surface area contributed by atoms with Gasteiger partial charge in [-0.2, -0.15) is 5.10 Å².